The summed E-state index contributed by atoms with van der Waals surface area (Å²) in [6.45, 7) is 0. The third-order valence-corrected chi connectivity index (χ3v) is 3.00. The Balaban J connectivity index is -0.0000000760. The summed E-state index contributed by atoms with van der Waals surface area (Å²) >= 11 is 4.64. The standard InChI is InChI=1S/CH3Cl.3H3N.HO8P3/c1-2;;;;1-9(2)7-11(5,6)8-10(3)4/h1H3;3*1H3;(H,5,6)/p+2. The number of alkyl halides is 1. The van der Waals surface area contributed by atoms with Gasteiger partial charge in [-0.15, -0.1) is 11.6 Å². The van der Waals surface area contributed by atoms with Gasteiger partial charge in [0.05, 0.1) is 0 Å². The van der Waals surface area contributed by atoms with Gasteiger partial charge in [-0.3, -0.25) is 4.57 Å². The van der Waals surface area contributed by atoms with E-state index in [4.69, 9.17) is 0 Å². The first-order valence-electron chi connectivity index (χ1n) is 2.20. The number of quaternary nitrogens is 3. The second-order valence-electron chi connectivity index (χ2n) is 1.06. The SMILES string of the molecule is CCl.O=[P+]([O-])OP(=O)([O-])O[P+](=O)[O-].[NH4+].[NH4+].[NH4+]. The van der Waals surface area contributed by atoms with E-state index >= 15 is 0 Å². The highest BCUT2D eigenvalue weighted by Crippen LogP contribution is 2.50. The van der Waals surface area contributed by atoms with Gasteiger partial charge in [0.1, 0.15) is 0 Å². The molecule has 16 heavy (non-hydrogen) atoms. The molecule has 0 fully saturated rings. The Bertz CT molecular complexity index is 217. The minimum absolute atomic E-state index is 0. The molecule has 11 nitrogen and oxygen atoms in total. The molecule has 2 unspecified atom stereocenters. The second-order valence-corrected chi connectivity index (χ2v) is 4.15. The van der Waals surface area contributed by atoms with Gasteiger partial charge in [-0.1, -0.05) is 8.62 Å². The third kappa shape index (κ3) is 23.9. The van der Waals surface area contributed by atoms with Crippen molar-refractivity contribution in [3.63, 3.8) is 0 Å². The number of phosphoric acid groups is 1. The fraction of sp³-hybridized carbons (Fsp3) is 1.00. The maximum Gasteiger partial charge on any atom is 0.496 e. The van der Waals surface area contributed by atoms with Crippen LogP contribution in [0.2, 0.25) is 0 Å². The van der Waals surface area contributed by atoms with Crippen molar-refractivity contribution in [3.05, 3.63) is 0 Å². The average molecular weight is 326 g/mol. The van der Waals surface area contributed by atoms with Crippen LogP contribution in [0.3, 0.4) is 0 Å². The first-order chi connectivity index (χ1) is 5.83. The van der Waals surface area contributed by atoms with E-state index in [-0.39, 0.29) is 18.5 Å². The fourth-order valence-corrected chi connectivity index (χ4v) is 1.87. The molecule has 0 saturated carbocycles. The summed E-state index contributed by atoms with van der Waals surface area (Å²) in [5.74, 6) is 0. The molecule has 0 aliphatic rings. The minimum Gasteiger partial charge on any atom is -0.750 e. The first kappa shape index (κ1) is 29.9. The quantitative estimate of drug-likeness (QED) is 0.483. The number of halogens is 1. The summed E-state index contributed by atoms with van der Waals surface area (Å²) in [7, 11) is -12.6. The summed E-state index contributed by atoms with van der Waals surface area (Å²) in [4.78, 5) is 29.2. The van der Waals surface area contributed by atoms with Crippen LogP contribution in [-0.2, 0) is 22.3 Å². The van der Waals surface area contributed by atoms with Crippen LogP contribution in [-0.4, -0.2) is 6.38 Å². The summed E-state index contributed by atoms with van der Waals surface area (Å²) in [5.41, 5.74) is 0. The van der Waals surface area contributed by atoms with Crippen molar-refractivity contribution in [1.82, 2.24) is 18.5 Å². The van der Waals surface area contributed by atoms with E-state index in [9.17, 15) is 28.4 Å². The molecule has 0 radical (unpaired) electrons. The van der Waals surface area contributed by atoms with Crippen LogP contribution < -0.4 is 33.1 Å². The lowest BCUT2D eigenvalue weighted by molar-refractivity contribution is -0.228. The van der Waals surface area contributed by atoms with Crippen LogP contribution in [0, 0.1) is 0 Å². The van der Waals surface area contributed by atoms with Crippen LogP contribution in [0.4, 0.5) is 0 Å². The molecular weight excluding hydrogens is 310 g/mol. The predicted molar refractivity (Wildman–Crippen MR) is 54.7 cm³/mol. The van der Waals surface area contributed by atoms with E-state index in [1.165, 1.54) is 6.38 Å². The van der Waals surface area contributed by atoms with Crippen LogP contribution in [0.15, 0.2) is 0 Å². The molecule has 102 valence electrons. The molecule has 0 aliphatic heterocycles. The van der Waals surface area contributed by atoms with Crippen molar-refractivity contribution >= 4 is 35.9 Å². The van der Waals surface area contributed by atoms with Crippen LogP contribution in [0.25, 0.3) is 0 Å². The van der Waals surface area contributed by atoms with E-state index in [1.807, 2.05) is 0 Å². The fourth-order valence-electron chi connectivity index (χ4n) is 0.178. The lowest BCUT2D eigenvalue weighted by atomic mass is 12.0. The molecule has 0 heterocycles. The van der Waals surface area contributed by atoms with Gasteiger partial charge in [0.15, 0.2) is 0 Å². The van der Waals surface area contributed by atoms with Gasteiger partial charge < -0.3 is 33.1 Å². The molecule has 2 atom stereocenters. The Kier molecular flexibility index (Phi) is 28.8. The van der Waals surface area contributed by atoms with E-state index in [1.54, 1.807) is 0 Å². The Morgan fingerprint density at radius 2 is 1.19 bits per heavy atom. The maximum absolute atomic E-state index is 10.1. The van der Waals surface area contributed by atoms with Crippen molar-refractivity contribution in [1.29, 1.82) is 0 Å². The molecule has 0 rings (SSSR count). The zero-order valence-electron chi connectivity index (χ0n) is 8.99. The molecule has 0 aromatic carbocycles. The van der Waals surface area contributed by atoms with Crippen LogP contribution in [0.5, 0.6) is 0 Å². The van der Waals surface area contributed by atoms with E-state index in [0.717, 1.165) is 0 Å². The van der Waals surface area contributed by atoms with Gasteiger partial charge in [-0.25, -0.2) is 0 Å². The van der Waals surface area contributed by atoms with Gasteiger partial charge in [0.2, 0.25) is 0 Å². The van der Waals surface area contributed by atoms with Crippen molar-refractivity contribution in [2.24, 2.45) is 0 Å². The van der Waals surface area contributed by atoms with Gasteiger partial charge >= 0.3 is 24.3 Å². The highest BCUT2D eigenvalue weighted by atomic mass is 35.5. The molecule has 0 aromatic rings. The molecule has 0 aliphatic carbocycles. The topological polar surface area (TPSA) is 248 Å². The Hall–Kier alpha value is 0.400. The Morgan fingerprint density at radius 3 is 1.31 bits per heavy atom. The molecule has 0 spiro atoms. The smallest absolute Gasteiger partial charge is 0.496 e. The number of hydrogen-bond acceptors (Lipinski definition) is 8. The number of rotatable bonds is 4. The highest BCUT2D eigenvalue weighted by Gasteiger charge is 2.26. The first-order valence-corrected chi connectivity index (χ1v) is 6.61. The third-order valence-electron chi connectivity index (χ3n) is 0.333. The molecular formula is CH15ClN3O8P3+2. The molecule has 0 bridgehead atoms. The summed E-state index contributed by atoms with van der Waals surface area (Å²) in [6.07, 6.45) is 1.47. The van der Waals surface area contributed by atoms with Crippen molar-refractivity contribution in [2.45, 2.75) is 0 Å². The Labute approximate surface area is 98.4 Å². The van der Waals surface area contributed by atoms with Gasteiger partial charge in [-0.05, 0) is 9.13 Å². The van der Waals surface area contributed by atoms with Crippen LogP contribution in [0.1, 0.15) is 0 Å². The molecule has 12 N–H and O–H groups in total. The summed E-state index contributed by atoms with van der Waals surface area (Å²) in [6, 6.07) is 0. The highest BCUT2D eigenvalue weighted by molar-refractivity contribution is 7.59. The largest absolute Gasteiger partial charge is 0.750 e. The number of hydrogen-bond donors (Lipinski definition) is 3. The van der Waals surface area contributed by atoms with Gasteiger partial charge in [0.25, 0.3) is 0 Å². The average Bonchev–Trinajstić information content (AvgIpc) is 1.85. The van der Waals surface area contributed by atoms with Gasteiger partial charge in [0, 0.05) is 6.38 Å². The summed E-state index contributed by atoms with van der Waals surface area (Å²) < 4.78 is 35.4. The van der Waals surface area contributed by atoms with Crippen LogP contribution >= 0.6 is 35.9 Å². The molecule has 15 heteroatoms. The van der Waals surface area contributed by atoms with E-state index in [2.05, 4.69) is 20.2 Å². The molecule has 0 amide bonds. The lowest BCUT2D eigenvalue weighted by Crippen LogP contribution is -2.05. The second kappa shape index (κ2) is 15.4. The summed E-state index contributed by atoms with van der Waals surface area (Å²) in [5, 5.41) is 0. The molecule has 0 aromatic heterocycles. The van der Waals surface area contributed by atoms with Crippen molar-refractivity contribution in [3.8, 4) is 0 Å². The minimum atomic E-state index is -5.25. The predicted octanol–water partition coefficient (Wildman–Crippen LogP) is 0.507. The zero-order valence-corrected chi connectivity index (χ0v) is 12.4. The maximum atomic E-state index is 10.1. The zero-order chi connectivity index (χ0) is 11.1. The van der Waals surface area contributed by atoms with Crippen molar-refractivity contribution in [2.75, 3.05) is 6.38 Å². The van der Waals surface area contributed by atoms with E-state index in [0.29, 0.717) is 0 Å². The van der Waals surface area contributed by atoms with Crippen molar-refractivity contribution < 1.29 is 37.0 Å². The monoisotopic (exact) mass is 325 g/mol. The Morgan fingerprint density at radius 1 is 1.00 bits per heavy atom. The van der Waals surface area contributed by atoms with E-state index < -0.39 is 24.3 Å². The lowest BCUT2D eigenvalue weighted by Gasteiger charge is -2.08. The normalized spacial score (nSPS) is 13.3. The molecule has 0 saturated heterocycles. The van der Waals surface area contributed by atoms with Gasteiger partial charge in [-0.2, -0.15) is 0 Å².